The quantitative estimate of drug-likeness (QED) is 0.908. The number of hydrogen-bond acceptors (Lipinski definition) is 2. The zero-order valence-electron chi connectivity index (χ0n) is 11.3. The Morgan fingerprint density at radius 3 is 2.71 bits per heavy atom. The molecule has 0 aliphatic rings. The molecule has 2 aromatic rings. The normalized spacial score (nSPS) is 10.0. The van der Waals surface area contributed by atoms with E-state index in [1.54, 1.807) is 25.3 Å². The third-order valence-corrected chi connectivity index (χ3v) is 2.77. The van der Waals surface area contributed by atoms with Gasteiger partial charge in [0, 0.05) is 12.6 Å². The Balaban J connectivity index is 1.92. The van der Waals surface area contributed by atoms with Crippen molar-refractivity contribution in [1.29, 1.82) is 0 Å². The molecule has 0 bridgehead atoms. The van der Waals surface area contributed by atoms with Gasteiger partial charge in [-0.3, -0.25) is 0 Å². The molecule has 0 unspecified atom stereocenters. The van der Waals surface area contributed by atoms with Crippen molar-refractivity contribution in [3.63, 3.8) is 0 Å². The first kappa shape index (κ1) is 14.8. The molecule has 0 saturated heterocycles. The molecule has 6 heteroatoms. The van der Waals surface area contributed by atoms with Crippen LogP contribution in [0.1, 0.15) is 5.56 Å². The zero-order valence-corrected chi connectivity index (χ0v) is 11.3. The largest absolute Gasteiger partial charge is 0.497 e. The van der Waals surface area contributed by atoms with E-state index >= 15 is 0 Å². The molecular formula is C15H14F2N2O2. The summed E-state index contributed by atoms with van der Waals surface area (Å²) in [5.41, 5.74) is 0.753. The number of methoxy groups -OCH3 is 1. The fraction of sp³-hybridized carbons (Fsp3) is 0.133. The van der Waals surface area contributed by atoms with Crippen LogP contribution in [-0.2, 0) is 6.54 Å². The van der Waals surface area contributed by atoms with E-state index in [4.69, 9.17) is 4.74 Å². The molecule has 0 heterocycles. The molecule has 4 nitrogen and oxygen atoms in total. The van der Waals surface area contributed by atoms with Crippen LogP contribution in [0, 0.1) is 11.6 Å². The molecule has 0 fully saturated rings. The number of halogens is 2. The van der Waals surface area contributed by atoms with Crippen LogP contribution in [0.3, 0.4) is 0 Å². The Labute approximate surface area is 120 Å². The summed E-state index contributed by atoms with van der Waals surface area (Å²) in [5.74, 6) is -0.847. The van der Waals surface area contributed by atoms with Crippen molar-refractivity contribution in [3.8, 4) is 5.75 Å². The van der Waals surface area contributed by atoms with Gasteiger partial charge < -0.3 is 15.4 Å². The van der Waals surface area contributed by atoms with Gasteiger partial charge in [0.25, 0.3) is 0 Å². The van der Waals surface area contributed by atoms with E-state index in [2.05, 4.69) is 10.6 Å². The molecule has 0 radical (unpaired) electrons. The van der Waals surface area contributed by atoms with Crippen molar-refractivity contribution in [2.45, 2.75) is 6.54 Å². The number of benzene rings is 2. The lowest BCUT2D eigenvalue weighted by Gasteiger charge is -2.09. The minimum Gasteiger partial charge on any atom is -0.497 e. The van der Waals surface area contributed by atoms with E-state index in [-0.39, 0.29) is 12.2 Å². The molecule has 0 aliphatic heterocycles. The average Bonchev–Trinajstić information content (AvgIpc) is 2.48. The number of urea groups is 1. The van der Waals surface area contributed by atoms with Crippen LogP contribution < -0.4 is 15.4 Å². The van der Waals surface area contributed by atoms with Crippen molar-refractivity contribution < 1.29 is 18.3 Å². The van der Waals surface area contributed by atoms with Crippen molar-refractivity contribution in [2.24, 2.45) is 0 Å². The molecular weight excluding hydrogens is 278 g/mol. The highest BCUT2D eigenvalue weighted by Gasteiger charge is 2.07. The lowest BCUT2D eigenvalue weighted by Crippen LogP contribution is -2.28. The van der Waals surface area contributed by atoms with Gasteiger partial charge in [0.1, 0.15) is 17.4 Å². The van der Waals surface area contributed by atoms with E-state index in [1.807, 2.05) is 6.07 Å². The fourth-order valence-electron chi connectivity index (χ4n) is 1.72. The smallest absolute Gasteiger partial charge is 0.319 e. The second-order valence-electron chi connectivity index (χ2n) is 4.28. The number of carbonyl (C=O) groups is 1. The Morgan fingerprint density at radius 1 is 1.19 bits per heavy atom. The average molecular weight is 292 g/mol. The molecule has 2 amide bonds. The molecule has 0 saturated carbocycles. The zero-order chi connectivity index (χ0) is 15.2. The van der Waals surface area contributed by atoms with Gasteiger partial charge in [-0.05, 0) is 29.8 Å². The van der Waals surface area contributed by atoms with Gasteiger partial charge in [-0.1, -0.05) is 12.1 Å². The molecule has 110 valence electrons. The molecule has 0 spiro atoms. The predicted molar refractivity (Wildman–Crippen MR) is 75.2 cm³/mol. The Kier molecular flexibility index (Phi) is 4.71. The van der Waals surface area contributed by atoms with Gasteiger partial charge in [-0.2, -0.15) is 0 Å². The fourth-order valence-corrected chi connectivity index (χ4v) is 1.72. The summed E-state index contributed by atoms with van der Waals surface area (Å²) in [6, 6.07) is 9.54. The lowest BCUT2D eigenvalue weighted by atomic mass is 10.2. The number of anilines is 1. The van der Waals surface area contributed by atoms with Gasteiger partial charge >= 0.3 is 6.03 Å². The number of rotatable bonds is 4. The first-order valence-electron chi connectivity index (χ1n) is 6.21. The molecule has 2 rings (SSSR count). The second kappa shape index (κ2) is 6.69. The Hall–Kier alpha value is -2.63. The summed E-state index contributed by atoms with van der Waals surface area (Å²) in [4.78, 5) is 11.7. The third-order valence-electron chi connectivity index (χ3n) is 2.77. The number of amides is 2. The van der Waals surface area contributed by atoms with Crippen LogP contribution >= 0.6 is 0 Å². The van der Waals surface area contributed by atoms with Crippen molar-refractivity contribution in [1.82, 2.24) is 5.32 Å². The first-order valence-corrected chi connectivity index (χ1v) is 6.21. The number of hydrogen-bond donors (Lipinski definition) is 2. The summed E-state index contributed by atoms with van der Waals surface area (Å²) < 4.78 is 31.2. The summed E-state index contributed by atoms with van der Waals surface area (Å²) >= 11 is 0. The van der Waals surface area contributed by atoms with E-state index in [0.29, 0.717) is 11.8 Å². The number of carbonyl (C=O) groups excluding carboxylic acids is 1. The SMILES string of the molecule is COc1cccc(CNC(=O)Nc2ccc(F)cc2F)c1. The number of ether oxygens (including phenoxy) is 1. The van der Waals surface area contributed by atoms with Crippen LogP contribution in [0.4, 0.5) is 19.3 Å². The molecule has 2 aromatic carbocycles. The molecule has 0 aromatic heterocycles. The highest BCUT2D eigenvalue weighted by molar-refractivity contribution is 5.89. The van der Waals surface area contributed by atoms with E-state index in [9.17, 15) is 13.6 Å². The van der Waals surface area contributed by atoms with Crippen LogP contribution in [0.2, 0.25) is 0 Å². The Morgan fingerprint density at radius 2 is 2.00 bits per heavy atom. The minimum atomic E-state index is -0.827. The molecule has 2 N–H and O–H groups in total. The maximum atomic E-state index is 13.4. The second-order valence-corrected chi connectivity index (χ2v) is 4.28. The highest BCUT2D eigenvalue weighted by Crippen LogP contribution is 2.15. The summed E-state index contributed by atoms with van der Waals surface area (Å²) in [5, 5.41) is 4.89. The van der Waals surface area contributed by atoms with Gasteiger partial charge in [-0.15, -0.1) is 0 Å². The summed E-state index contributed by atoms with van der Waals surface area (Å²) in [7, 11) is 1.55. The molecule has 0 aliphatic carbocycles. The maximum absolute atomic E-state index is 13.4. The summed E-state index contributed by atoms with van der Waals surface area (Å²) in [6.45, 7) is 0.256. The highest BCUT2D eigenvalue weighted by atomic mass is 19.1. The number of nitrogens with one attached hydrogen (secondary N) is 2. The first-order chi connectivity index (χ1) is 10.1. The van der Waals surface area contributed by atoms with Crippen LogP contribution in [0.15, 0.2) is 42.5 Å². The standard InChI is InChI=1S/C15H14F2N2O2/c1-21-12-4-2-3-10(7-12)9-18-15(20)19-14-6-5-11(16)8-13(14)17/h2-8H,9H2,1H3,(H2,18,19,20). The van der Waals surface area contributed by atoms with Gasteiger partial charge in [-0.25, -0.2) is 13.6 Å². The monoisotopic (exact) mass is 292 g/mol. The predicted octanol–water partition coefficient (Wildman–Crippen LogP) is 3.30. The third kappa shape index (κ3) is 4.17. The van der Waals surface area contributed by atoms with Gasteiger partial charge in [0.05, 0.1) is 12.8 Å². The minimum absolute atomic E-state index is 0.0838. The maximum Gasteiger partial charge on any atom is 0.319 e. The van der Waals surface area contributed by atoms with Crippen molar-refractivity contribution in [3.05, 3.63) is 59.7 Å². The Bertz CT molecular complexity index is 647. The van der Waals surface area contributed by atoms with E-state index in [0.717, 1.165) is 17.7 Å². The molecule has 0 atom stereocenters. The van der Waals surface area contributed by atoms with Crippen molar-refractivity contribution >= 4 is 11.7 Å². The molecule has 21 heavy (non-hydrogen) atoms. The van der Waals surface area contributed by atoms with Gasteiger partial charge in [0.2, 0.25) is 0 Å². The van der Waals surface area contributed by atoms with Crippen LogP contribution in [0.25, 0.3) is 0 Å². The van der Waals surface area contributed by atoms with Crippen LogP contribution in [0.5, 0.6) is 5.75 Å². The van der Waals surface area contributed by atoms with Gasteiger partial charge in [0.15, 0.2) is 0 Å². The topological polar surface area (TPSA) is 50.4 Å². The summed E-state index contributed by atoms with van der Waals surface area (Å²) in [6.07, 6.45) is 0. The van der Waals surface area contributed by atoms with E-state index in [1.165, 1.54) is 0 Å². The van der Waals surface area contributed by atoms with Crippen molar-refractivity contribution in [2.75, 3.05) is 12.4 Å². The van der Waals surface area contributed by atoms with E-state index < -0.39 is 17.7 Å². The van der Waals surface area contributed by atoms with Crippen LogP contribution in [-0.4, -0.2) is 13.1 Å². The lowest BCUT2D eigenvalue weighted by molar-refractivity contribution is 0.251.